The van der Waals surface area contributed by atoms with E-state index in [-0.39, 0.29) is 11.6 Å². The first-order chi connectivity index (χ1) is 8.99. The number of halogens is 4. The maximum Gasteiger partial charge on any atom is 0.409 e. The predicted octanol–water partition coefficient (Wildman–Crippen LogP) is 3.75. The van der Waals surface area contributed by atoms with Crippen LogP contribution in [0.1, 0.15) is 36.7 Å². The first-order valence-corrected chi connectivity index (χ1v) is 5.62. The number of aromatic nitrogens is 1. The maximum absolute atomic E-state index is 13.6. The second-order valence-corrected chi connectivity index (χ2v) is 4.96. The van der Waals surface area contributed by atoms with Crippen LogP contribution in [0.4, 0.5) is 17.6 Å². The normalized spacial score (nSPS) is 12.8. The van der Waals surface area contributed by atoms with Crippen molar-refractivity contribution in [1.29, 1.82) is 0 Å². The minimum atomic E-state index is -4.57. The van der Waals surface area contributed by atoms with Gasteiger partial charge in [-0.3, -0.25) is 4.98 Å². The van der Waals surface area contributed by atoms with Gasteiger partial charge >= 0.3 is 12.1 Å². The summed E-state index contributed by atoms with van der Waals surface area (Å²) in [6.45, 7) is 4.69. The van der Waals surface area contributed by atoms with E-state index in [9.17, 15) is 22.4 Å². The van der Waals surface area contributed by atoms with Crippen LogP contribution in [0.2, 0.25) is 0 Å². The van der Waals surface area contributed by atoms with Crippen LogP contribution < -0.4 is 0 Å². The van der Waals surface area contributed by atoms with Gasteiger partial charge < -0.3 is 4.74 Å². The van der Waals surface area contributed by atoms with Crippen LogP contribution in [-0.4, -0.2) is 22.7 Å². The molecule has 0 N–H and O–H groups in total. The fourth-order valence-corrected chi connectivity index (χ4v) is 1.31. The summed E-state index contributed by atoms with van der Waals surface area (Å²) in [6, 6.07) is 0. The molecule has 0 atom stereocenters. The van der Waals surface area contributed by atoms with E-state index in [2.05, 4.69) is 4.98 Å². The summed E-state index contributed by atoms with van der Waals surface area (Å²) in [4.78, 5) is 15.2. The monoisotopic (exact) mass is 291 g/mol. The molecule has 7 heteroatoms. The summed E-state index contributed by atoms with van der Waals surface area (Å²) in [5, 5.41) is 0. The van der Waals surface area contributed by atoms with Gasteiger partial charge in [0, 0.05) is 17.8 Å². The number of esters is 1. The Balaban J connectivity index is 3.19. The maximum atomic E-state index is 13.6. The van der Waals surface area contributed by atoms with Crippen molar-refractivity contribution in [3.05, 3.63) is 35.4 Å². The first kappa shape index (κ1) is 16.1. The van der Waals surface area contributed by atoms with Gasteiger partial charge in [-0.15, -0.1) is 0 Å². The van der Waals surface area contributed by atoms with E-state index in [1.54, 1.807) is 20.8 Å². The Morgan fingerprint density at radius 2 is 1.85 bits per heavy atom. The molecule has 0 amide bonds. The van der Waals surface area contributed by atoms with Crippen molar-refractivity contribution >= 4 is 12.0 Å². The Labute approximate surface area is 113 Å². The lowest BCUT2D eigenvalue weighted by atomic mass is 10.1. The first-order valence-electron chi connectivity index (χ1n) is 5.62. The topological polar surface area (TPSA) is 39.2 Å². The molecule has 1 aromatic heterocycles. The van der Waals surface area contributed by atoms with Crippen molar-refractivity contribution in [2.24, 2.45) is 0 Å². The number of carbonyl (C=O) groups is 1. The molecule has 1 rings (SSSR count). The molecule has 1 heterocycles. The Bertz CT molecular complexity index is 530. The van der Waals surface area contributed by atoms with E-state index in [0.717, 1.165) is 12.4 Å². The van der Waals surface area contributed by atoms with Gasteiger partial charge in [-0.1, -0.05) is 0 Å². The molecular formula is C13H13F4NO2. The zero-order chi connectivity index (χ0) is 15.6. The lowest BCUT2D eigenvalue weighted by Gasteiger charge is -2.20. The van der Waals surface area contributed by atoms with Gasteiger partial charge in [-0.25, -0.2) is 9.18 Å². The van der Waals surface area contributed by atoms with Crippen LogP contribution >= 0.6 is 0 Å². The SMILES string of the molecule is CC(C)(C)OC(=O)c1c(F)cncc1C=CC(F)(F)F. The second kappa shape index (κ2) is 5.60. The largest absolute Gasteiger partial charge is 0.456 e. The molecule has 20 heavy (non-hydrogen) atoms. The van der Waals surface area contributed by atoms with Crippen LogP contribution in [0.3, 0.4) is 0 Å². The van der Waals surface area contributed by atoms with Crippen molar-refractivity contribution in [3.8, 4) is 0 Å². The van der Waals surface area contributed by atoms with Crippen LogP contribution in [0, 0.1) is 5.82 Å². The summed E-state index contributed by atoms with van der Waals surface area (Å²) < 4.78 is 55.0. The van der Waals surface area contributed by atoms with Crippen molar-refractivity contribution < 1.29 is 27.1 Å². The number of alkyl halides is 3. The number of hydrogen-bond acceptors (Lipinski definition) is 3. The highest BCUT2D eigenvalue weighted by Gasteiger charge is 2.25. The van der Waals surface area contributed by atoms with Gasteiger partial charge in [0.15, 0.2) is 5.82 Å². The molecule has 0 aliphatic carbocycles. The molecule has 0 saturated carbocycles. The molecule has 110 valence electrons. The van der Waals surface area contributed by atoms with Crippen molar-refractivity contribution in [3.63, 3.8) is 0 Å². The van der Waals surface area contributed by atoms with E-state index in [1.807, 2.05) is 0 Å². The summed E-state index contributed by atoms with van der Waals surface area (Å²) in [7, 11) is 0. The quantitative estimate of drug-likeness (QED) is 0.615. The Morgan fingerprint density at radius 3 is 2.35 bits per heavy atom. The fraction of sp³-hybridized carbons (Fsp3) is 0.385. The highest BCUT2D eigenvalue weighted by Crippen LogP contribution is 2.22. The standard InChI is InChI=1S/C13H13F4NO2/c1-12(2,3)20-11(19)10-8(4-5-13(15,16)17)6-18-7-9(10)14/h4-7H,1-3H3. The third-order valence-electron chi connectivity index (χ3n) is 1.98. The number of ether oxygens (including phenoxy) is 1. The predicted molar refractivity (Wildman–Crippen MR) is 64.5 cm³/mol. The molecule has 3 nitrogen and oxygen atoms in total. The third-order valence-corrected chi connectivity index (χ3v) is 1.98. The van der Waals surface area contributed by atoms with Crippen molar-refractivity contribution in [1.82, 2.24) is 4.98 Å². The van der Waals surface area contributed by atoms with Crippen LogP contribution in [0.5, 0.6) is 0 Å². The average molecular weight is 291 g/mol. The minimum Gasteiger partial charge on any atom is -0.456 e. The van der Waals surface area contributed by atoms with Crippen molar-refractivity contribution in [2.75, 3.05) is 0 Å². The van der Waals surface area contributed by atoms with Crippen LogP contribution in [-0.2, 0) is 4.74 Å². The third kappa shape index (κ3) is 4.99. The molecule has 0 radical (unpaired) electrons. The summed E-state index contributed by atoms with van der Waals surface area (Å²) in [5.41, 5.74) is -1.76. The Morgan fingerprint density at radius 1 is 1.25 bits per heavy atom. The molecule has 0 fully saturated rings. The zero-order valence-corrected chi connectivity index (χ0v) is 11.1. The second-order valence-electron chi connectivity index (χ2n) is 4.96. The van der Waals surface area contributed by atoms with E-state index in [0.29, 0.717) is 6.08 Å². The van der Waals surface area contributed by atoms with E-state index in [1.165, 1.54) is 0 Å². The van der Waals surface area contributed by atoms with E-state index < -0.39 is 29.1 Å². The number of carbonyl (C=O) groups excluding carboxylic acids is 1. The zero-order valence-electron chi connectivity index (χ0n) is 11.1. The van der Waals surface area contributed by atoms with E-state index in [4.69, 9.17) is 4.74 Å². The molecule has 1 aromatic rings. The van der Waals surface area contributed by atoms with Gasteiger partial charge in [0.25, 0.3) is 0 Å². The number of nitrogens with zero attached hydrogens (tertiary/aromatic N) is 1. The fourth-order valence-electron chi connectivity index (χ4n) is 1.31. The van der Waals surface area contributed by atoms with Gasteiger partial charge in [0.1, 0.15) is 11.2 Å². The Kier molecular flexibility index (Phi) is 4.52. The van der Waals surface area contributed by atoms with Crippen LogP contribution in [0.25, 0.3) is 6.08 Å². The number of rotatable bonds is 2. The lowest BCUT2D eigenvalue weighted by Crippen LogP contribution is -2.25. The van der Waals surface area contributed by atoms with Gasteiger partial charge in [0.2, 0.25) is 0 Å². The summed E-state index contributed by atoms with van der Waals surface area (Å²) in [6.07, 6.45) is -2.39. The smallest absolute Gasteiger partial charge is 0.409 e. The molecule has 0 aliphatic heterocycles. The molecular weight excluding hydrogens is 278 g/mol. The molecule has 0 bridgehead atoms. The van der Waals surface area contributed by atoms with Crippen LogP contribution in [0.15, 0.2) is 18.5 Å². The number of pyridine rings is 1. The molecule has 0 spiro atoms. The van der Waals surface area contributed by atoms with Gasteiger partial charge in [-0.05, 0) is 26.8 Å². The summed E-state index contributed by atoms with van der Waals surface area (Å²) in [5.74, 6) is -2.08. The van der Waals surface area contributed by atoms with Crippen molar-refractivity contribution in [2.45, 2.75) is 32.5 Å². The lowest BCUT2D eigenvalue weighted by molar-refractivity contribution is -0.0791. The minimum absolute atomic E-state index is 0.0999. The number of allylic oxidation sites excluding steroid dienone is 1. The molecule has 0 unspecified atom stereocenters. The highest BCUT2D eigenvalue weighted by molar-refractivity contribution is 5.94. The molecule has 0 saturated heterocycles. The Hall–Kier alpha value is -1.92. The van der Waals surface area contributed by atoms with Gasteiger partial charge in [-0.2, -0.15) is 13.2 Å². The van der Waals surface area contributed by atoms with E-state index >= 15 is 0 Å². The van der Waals surface area contributed by atoms with Gasteiger partial charge in [0.05, 0.1) is 6.20 Å². The molecule has 0 aromatic carbocycles. The molecule has 0 aliphatic rings. The average Bonchev–Trinajstić information content (AvgIpc) is 2.22. The highest BCUT2D eigenvalue weighted by atomic mass is 19.4. The summed E-state index contributed by atoms with van der Waals surface area (Å²) >= 11 is 0. The number of hydrogen-bond donors (Lipinski definition) is 0.